The average Bonchev–Trinajstić information content (AvgIpc) is 2.97. The van der Waals surface area contributed by atoms with Crippen molar-refractivity contribution in [3.05, 3.63) is 66.2 Å². The van der Waals surface area contributed by atoms with Crippen molar-refractivity contribution in [3.63, 3.8) is 0 Å². The van der Waals surface area contributed by atoms with Crippen molar-refractivity contribution >= 4 is 10.8 Å². The normalized spacial score (nSPS) is 12.7. The van der Waals surface area contributed by atoms with Gasteiger partial charge >= 0.3 is 0 Å². The molecule has 0 spiro atoms. The molecule has 1 atom stereocenters. The Bertz CT molecular complexity index is 651. The van der Waals surface area contributed by atoms with Crippen LogP contribution in [0.4, 0.5) is 0 Å². The van der Waals surface area contributed by atoms with Gasteiger partial charge in [0, 0.05) is 11.9 Å². The fraction of sp³-hybridized carbons (Fsp3) is 0.235. The maximum Gasteiger partial charge on any atom is 0.0921 e. The zero-order valence-corrected chi connectivity index (χ0v) is 11.1. The second kappa shape index (κ2) is 5.27. The largest absolute Gasteiger partial charge is 0.348 e. The van der Waals surface area contributed by atoms with Crippen molar-refractivity contribution in [2.45, 2.75) is 25.7 Å². The van der Waals surface area contributed by atoms with E-state index in [1.54, 1.807) is 6.33 Å². The van der Waals surface area contributed by atoms with Gasteiger partial charge in [0.15, 0.2) is 0 Å². The number of aryl methyl sites for hydroxylation is 1. The fourth-order valence-electron chi connectivity index (χ4n) is 2.63. The first-order valence-electron chi connectivity index (χ1n) is 6.79. The molecule has 2 nitrogen and oxygen atoms in total. The lowest BCUT2D eigenvalue weighted by Gasteiger charge is -2.14. The Balaban J connectivity index is 1.83. The van der Waals surface area contributed by atoms with Crippen molar-refractivity contribution in [3.8, 4) is 0 Å². The molecule has 19 heavy (non-hydrogen) atoms. The molecule has 0 aliphatic carbocycles. The number of fused-ring (bicyclic) bond motifs is 1. The van der Waals surface area contributed by atoms with Gasteiger partial charge in [-0.3, -0.25) is 0 Å². The van der Waals surface area contributed by atoms with Crippen LogP contribution in [-0.4, -0.2) is 9.97 Å². The number of imidazole rings is 1. The lowest BCUT2D eigenvalue weighted by molar-refractivity contribution is 0.677. The van der Waals surface area contributed by atoms with Crippen LogP contribution in [0.15, 0.2) is 55.0 Å². The van der Waals surface area contributed by atoms with Crippen molar-refractivity contribution in [2.75, 3.05) is 0 Å². The minimum atomic E-state index is 0.550. The van der Waals surface area contributed by atoms with E-state index in [1.807, 2.05) is 6.20 Å². The highest BCUT2D eigenvalue weighted by atomic mass is 14.9. The summed E-state index contributed by atoms with van der Waals surface area (Å²) in [6.45, 7) is 2.30. The smallest absolute Gasteiger partial charge is 0.0921 e. The van der Waals surface area contributed by atoms with Gasteiger partial charge in [-0.15, -0.1) is 0 Å². The van der Waals surface area contributed by atoms with Crippen LogP contribution in [-0.2, 0) is 6.42 Å². The first-order chi connectivity index (χ1) is 9.34. The minimum absolute atomic E-state index is 0.550. The van der Waals surface area contributed by atoms with Crippen LogP contribution in [0.5, 0.6) is 0 Å². The van der Waals surface area contributed by atoms with Gasteiger partial charge in [-0.1, -0.05) is 49.4 Å². The molecule has 1 aromatic heterocycles. The highest BCUT2D eigenvalue weighted by Gasteiger charge is 2.09. The predicted octanol–water partition coefficient (Wildman–Crippen LogP) is 4.30. The first-order valence-corrected chi connectivity index (χ1v) is 6.79. The molecular weight excluding hydrogens is 232 g/mol. The highest BCUT2D eigenvalue weighted by Crippen LogP contribution is 2.28. The molecule has 2 aromatic carbocycles. The summed E-state index contributed by atoms with van der Waals surface area (Å²) < 4.78 is 0. The summed E-state index contributed by atoms with van der Waals surface area (Å²) >= 11 is 0. The van der Waals surface area contributed by atoms with Crippen LogP contribution in [0.25, 0.3) is 10.8 Å². The maximum absolute atomic E-state index is 4.07. The molecule has 0 amide bonds. The second-order valence-electron chi connectivity index (χ2n) is 5.08. The average molecular weight is 250 g/mol. The molecule has 1 N–H and O–H groups in total. The van der Waals surface area contributed by atoms with Gasteiger partial charge in [0.2, 0.25) is 0 Å². The Morgan fingerprint density at radius 2 is 1.95 bits per heavy atom. The minimum Gasteiger partial charge on any atom is -0.348 e. The van der Waals surface area contributed by atoms with Gasteiger partial charge in [0.25, 0.3) is 0 Å². The van der Waals surface area contributed by atoms with Crippen molar-refractivity contribution < 1.29 is 0 Å². The van der Waals surface area contributed by atoms with Gasteiger partial charge in [-0.2, -0.15) is 0 Å². The molecule has 0 bridgehead atoms. The summed E-state index contributed by atoms with van der Waals surface area (Å²) in [6.07, 6.45) is 5.84. The molecule has 0 radical (unpaired) electrons. The van der Waals surface area contributed by atoms with Gasteiger partial charge in [0.05, 0.1) is 6.33 Å². The van der Waals surface area contributed by atoms with E-state index in [4.69, 9.17) is 0 Å². The van der Waals surface area contributed by atoms with Crippen LogP contribution in [0, 0.1) is 0 Å². The summed E-state index contributed by atoms with van der Waals surface area (Å²) in [6, 6.07) is 15.2. The Labute approximate surface area is 113 Å². The van der Waals surface area contributed by atoms with Gasteiger partial charge in [-0.25, -0.2) is 4.98 Å². The zero-order chi connectivity index (χ0) is 13.1. The Morgan fingerprint density at radius 1 is 1.11 bits per heavy atom. The SMILES string of the molecule is C[C@@H](CCc1cnc[nH]1)c1cccc2ccccc12. The molecule has 3 rings (SSSR count). The molecule has 0 saturated heterocycles. The lowest BCUT2D eigenvalue weighted by atomic mass is 9.91. The van der Waals surface area contributed by atoms with Gasteiger partial charge in [0.1, 0.15) is 0 Å². The summed E-state index contributed by atoms with van der Waals surface area (Å²) in [4.78, 5) is 7.24. The number of nitrogens with one attached hydrogen (secondary N) is 1. The van der Waals surface area contributed by atoms with Crippen molar-refractivity contribution in [2.24, 2.45) is 0 Å². The molecular formula is C17H18N2. The first kappa shape index (κ1) is 12.0. The monoisotopic (exact) mass is 250 g/mol. The molecule has 0 unspecified atom stereocenters. The molecule has 3 aromatic rings. The van der Waals surface area contributed by atoms with E-state index >= 15 is 0 Å². The van der Waals surface area contributed by atoms with Gasteiger partial charge in [-0.05, 0) is 35.1 Å². The molecule has 0 aliphatic heterocycles. The van der Waals surface area contributed by atoms with E-state index in [9.17, 15) is 0 Å². The number of nitrogens with zero attached hydrogens (tertiary/aromatic N) is 1. The fourth-order valence-corrected chi connectivity index (χ4v) is 2.63. The molecule has 0 fully saturated rings. The van der Waals surface area contributed by atoms with Crippen molar-refractivity contribution in [1.82, 2.24) is 9.97 Å². The van der Waals surface area contributed by atoms with Crippen LogP contribution in [0.3, 0.4) is 0 Å². The van der Waals surface area contributed by atoms with E-state index < -0.39 is 0 Å². The van der Waals surface area contributed by atoms with Crippen LogP contribution < -0.4 is 0 Å². The molecule has 96 valence electrons. The number of hydrogen-bond acceptors (Lipinski definition) is 1. The maximum atomic E-state index is 4.07. The summed E-state index contributed by atoms with van der Waals surface area (Å²) in [5.74, 6) is 0.550. The standard InChI is InChI=1S/C17H18N2/c1-13(9-10-15-11-18-12-19-15)16-8-4-6-14-5-2-3-7-17(14)16/h2-8,11-13H,9-10H2,1H3,(H,18,19)/t13-/m0/s1. The lowest BCUT2D eigenvalue weighted by Crippen LogP contribution is -1.97. The second-order valence-corrected chi connectivity index (χ2v) is 5.08. The van der Waals surface area contributed by atoms with E-state index in [-0.39, 0.29) is 0 Å². The number of H-pyrrole nitrogens is 1. The predicted molar refractivity (Wildman–Crippen MR) is 79.3 cm³/mol. The summed E-state index contributed by atoms with van der Waals surface area (Å²) in [5, 5.41) is 2.70. The number of aromatic nitrogens is 2. The van der Waals surface area contributed by atoms with Gasteiger partial charge < -0.3 is 4.98 Å². The van der Waals surface area contributed by atoms with E-state index in [2.05, 4.69) is 59.4 Å². The number of rotatable bonds is 4. The molecule has 2 heteroatoms. The Morgan fingerprint density at radius 3 is 2.79 bits per heavy atom. The number of aromatic amines is 1. The van der Waals surface area contributed by atoms with E-state index in [1.165, 1.54) is 22.0 Å². The zero-order valence-electron chi connectivity index (χ0n) is 11.1. The third kappa shape index (κ3) is 2.53. The van der Waals surface area contributed by atoms with E-state index in [0.717, 1.165) is 12.8 Å². The van der Waals surface area contributed by atoms with Crippen molar-refractivity contribution in [1.29, 1.82) is 0 Å². The molecule has 1 heterocycles. The van der Waals surface area contributed by atoms with E-state index in [0.29, 0.717) is 5.92 Å². The highest BCUT2D eigenvalue weighted by molar-refractivity contribution is 5.86. The van der Waals surface area contributed by atoms with Crippen LogP contribution >= 0.6 is 0 Å². The Hall–Kier alpha value is -2.09. The molecule has 0 aliphatic rings. The third-order valence-electron chi connectivity index (χ3n) is 3.76. The summed E-state index contributed by atoms with van der Waals surface area (Å²) in [5.41, 5.74) is 2.66. The summed E-state index contributed by atoms with van der Waals surface area (Å²) in [7, 11) is 0. The Kier molecular flexibility index (Phi) is 3.32. The number of benzene rings is 2. The quantitative estimate of drug-likeness (QED) is 0.734. The topological polar surface area (TPSA) is 28.7 Å². The number of hydrogen-bond donors (Lipinski definition) is 1. The van der Waals surface area contributed by atoms with Crippen LogP contribution in [0.1, 0.15) is 30.5 Å². The van der Waals surface area contributed by atoms with Crippen LogP contribution in [0.2, 0.25) is 0 Å². The molecule has 0 saturated carbocycles. The third-order valence-corrected chi connectivity index (χ3v) is 3.76.